The molecule has 0 spiro atoms. The van der Waals surface area contributed by atoms with E-state index >= 15 is 0 Å². The first-order chi connectivity index (χ1) is 18.3. The van der Waals surface area contributed by atoms with Crippen molar-refractivity contribution in [3.05, 3.63) is 17.7 Å². The fourth-order valence-electron chi connectivity index (χ4n) is 8.40. The molecular formula is C29H37N3O6. The van der Waals surface area contributed by atoms with E-state index in [9.17, 15) is 19.5 Å². The van der Waals surface area contributed by atoms with Gasteiger partial charge in [-0.1, -0.05) is 12.8 Å². The Bertz CT molecular complexity index is 1140. The molecule has 4 bridgehead atoms. The number of carbonyl (C=O) groups excluding carboxylic acids is 2. The smallest absolute Gasteiger partial charge is 0.307 e. The Morgan fingerprint density at radius 2 is 1.58 bits per heavy atom. The third-order valence-electron chi connectivity index (χ3n) is 9.63. The first kappa shape index (κ1) is 25.2. The summed E-state index contributed by atoms with van der Waals surface area (Å²) in [5, 5.41) is 17.0. The second-order valence-corrected chi connectivity index (χ2v) is 12.4. The summed E-state index contributed by atoms with van der Waals surface area (Å²) in [6.07, 6.45) is 10.7. The summed E-state index contributed by atoms with van der Waals surface area (Å²) in [5.74, 6) is 0.762. The predicted octanol–water partition coefficient (Wildman–Crippen LogP) is 4.69. The SMILES string of the molecule is C/C(=N\NC(=O)CC12CC3CC(CC(C3)C1)C2)c1cc2c(cc1NC(=O)C1CCCCC1C(=O)O)OCO2. The van der Waals surface area contributed by atoms with Gasteiger partial charge < -0.3 is 19.9 Å². The van der Waals surface area contributed by atoms with Crippen molar-refractivity contribution in [1.82, 2.24) is 5.43 Å². The first-order valence-corrected chi connectivity index (χ1v) is 14.1. The number of hydrazone groups is 1. The van der Waals surface area contributed by atoms with Crippen LogP contribution in [-0.4, -0.2) is 35.4 Å². The summed E-state index contributed by atoms with van der Waals surface area (Å²) in [5.41, 5.74) is 4.49. The van der Waals surface area contributed by atoms with Crippen LogP contribution in [0.15, 0.2) is 17.2 Å². The fraction of sp³-hybridized carbons (Fsp3) is 0.655. The van der Waals surface area contributed by atoms with E-state index in [4.69, 9.17) is 9.47 Å². The lowest BCUT2D eigenvalue weighted by molar-refractivity contribution is -0.147. The number of anilines is 1. The molecule has 0 radical (unpaired) electrons. The van der Waals surface area contributed by atoms with Gasteiger partial charge in [0.25, 0.3) is 0 Å². The third kappa shape index (κ3) is 4.87. The average molecular weight is 524 g/mol. The van der Waals surface area contributed by atoms with Gasteiger partial charge in [-0.2, -0.15) is 5.10 Å². The predicted molar refractivity (Wildman–Crippen MR) is 140 cm³/mol. The van der Waals surface area contributed by atoms with E-state index in [2.05, 4.69) is 15.8 Å². The van der Waals surface area contributed by atoms with Crippen molar-refractivity contribution in [2.24, 2.45) is 40.1 Å². The van der Waals surface area contributed by atoms with Crippen molar-refractivity contribution in [3.63, 3.8) is 0 Å². The van der Waals surface area contributed by atoms with Crippen LogP contribution in [0.5, 0.6) is 11.5 Å². The second-order valence-electron chi connectivity index (χ2n) is 12.4. The van der Waals surface area contributed by atoms with E-state index in [0.717, 1.165) is 49.9 Å². The number of hydrogen-bond donors (Lipinski definition) is 3. The summed E-state index contributed by atoms with van der Waals surface area (Å²) < 4.78 is 11.1. The van der Waals surface area contributed by atoms with Crippen LogP contribution in [-0.2, 0) is 14.4 Å². The Balaban J connectivity index is 1.18. The highest BCUT2D eigenvalue weighted by Gasteiger charge is 2.51. The van der Waals surface area contributed by atoms with Gasteiger partial charge in [0.05, 0.1) is 23.2 Å². The van der Waals surface area contributed by atoms with Crippen LogP contribution in [0.3, 0.4) is 0 Å². The lowest BCUT2D eigenvalue weighted by Gasteiger charge is -2.56. The fourth-order valence-corrected chi connectivity index (χ4v) is 8.40. The van der Waals surface area contributed by atoms with E-state index in [1.165, 1.54) is 19.3 Å². The largest absolute Gasteiger partial charge is 0.481 e. The molecule has 1 heterocycles. The molecule has 5 saturated carbocycles. The van der Waals surface area contributed by atoms with Gasteiger partial charge in [-0.05, 0) is 87.5 Å². The van der Waals surface area contributed by atoms with Gasteiger partial charge in [0, 0.05) is 18.1 Å². The van der Waals surface area contributed by atoms with Crippen molar-refractivity contribution in [2.45, 2.75) is 77.6 Å². The number of carbonyl (C=O) groups is 3. The van der Waals surface area contributed by atoms with Gasteiger partial charge in [-0.15, -0.1) is 0 Å². The van der Waals surface area contributed by atoms with E-state index in [0.29, 0.717) is 47.7 Å². The minimum atomic E-state index is -0.935. The van der Waals surface area contributed by atoms with Crippen LogP contribution in [0, 0.1) is 35.0 Å². The number of carboxylic acids is 1. The van der Waals surface area contributed by atoms with Crippen LogP contribution >= 0.6 is 0 Å². The maximum Gasteiger partial charge on any atom is 0.307 e. The number of nitrogens with one attached hydrogen (secondary N) is 2. The van der Waals surface area contributed by atoms with Crippen LogP contribution < -0.4 is 20.2 Å². The molecule has 7 rings (SSSR count). The molecule has 0 saturated heterocycles. The minimum Gasteiger partial charge on any atom is -0.481 e. The van der Waals surface area contributed by atoms with Crippen molar-refractivity contribution in [3.8, 4) is 11.5 Å². The molecule has 1 aliphatic heterocycles. The monoisotopic (exact) mass is 523 g/mol. The van der Waals surface area contributed by atoms with Gasteiger partial charge in [0.15, 0.2) is 11.5 Å². The van der Waals surface area contributed by atoms with E-state index < -0.39 is 17.8 Å². The molecule has 38 heavy (non-hydrogen) atoms. The zero-order chi connectivity index (χ0) is 26.4. The average Bonchev–Trinajstić information content (AvgIpc) is 3.33. The Morgan fingerprint density at radius 3 is 2.21 bits per heavy atom. The number of ether oxygens (including phenoxy) is 2. The molecule has 2 unspecified atom stereocenters. The van der Waals surface area contributed by atoms with Crippen LogP contribution in [0.1, 0.15) is 83.1 Å². The van der Waals surface area contributed by atoms with Crippen molar-refractivity contribution in [1.29, 1.82) is 0 Å². The standard InChI is InChI=1S/C29H37N3O6/c1-16(31-32-26(33)14-29-11-17-6-18(12-29)8-19(7-17)13-29)22-9-24-25(38-15-37-24)10-23(22)30-27(34)20-4-2-3-5-21(20)28(35)36/h9-10,17-21H,2-8,11-15H2,1H3,(H,30,34)(H,32,33)(H,35,36)/b31-16+. The maximum atomic E-state index is 13.2. The second kappa shape index (κ2) is 9.89. The molecule has 5 fully saturated rings. The summed E-state index contributed by atoms with van der Waals surface area (Å²) >= 11 is 0. The summed E-state index contributed by atoms with van der Waals surface area (Å²) in [6.45, 7) is 1.85. The van der Waals surface area contributed by atoms with E-state index in [1.807, 2.05) is 0 Å². The van der Waals surface area contributed by atoms with Gasteiger partial charge in [-0.3, -0.25) is 14.4 Å². The minimum absolute atomic E-state index is 0.0656. The van der Waals surface area contributed by atoms with Crippen LogP contribution in [0.4, 0.5) is 5.69 Å². The van der Waals surface area contributed by atoms with Crippen LogP contribution in [0.2, 0.25) is 0 Å². The topological polar surface area (TPSA) is 126 Å². The highest BCUT2D eigenvalue weighted by molar-refractivity contribution is 6.08. The summed E-state index contributed by atoms with van der Waals surface area (Å²) in [7, 11) is 0. The molecule has 204 valence electrons. The number of nitrogens with zero attached hydrogens (tertiary/aromatic N) is 1. The van der Waals surface area contributed by atoms with Crippen molar-refractivity contribution >= 4 is 29.2 Å². The highest BCUT2D eigenvalue weighted by atomic mass is 16.7. The zero-order valence-corrected chi connectivity index (χ0v) is 22.0. The molecule has 9 nitrogen and oxygen atoms in total. The molecule has 6 aliphatic rings. The number of aliphatic carboxylic acids is 1. The Morgan fingerprint density at radius 1 is 0.974 bits per heavy atom. The summed E-state index contributed by atoms with van der Waals surface area (Å²) in [4.78, 5) is 38.0. The first-order valence-electron chi connectivity index (χ1n) is 14.1. The number of rotatable bonds is 7. The molecule has 3 N–H and O–H groups in total. The number of benzene rings is 1. The number of carboxylic acid groups (broad SMARTS) is 1. The number of hydrogen-bond acceptors (Lipinski definition) is 6. The van der Waals surface area contributed by atoms with Gasteiger partial charge in [0.2, 0.25) is 18.6 Å². The lowest BCUT2D eigenvalue weighted by Crippen LogP contribution is -2.47. The molecule has 2 amide bonds. The molecule has 9 heteroatoms. The van der Waals surface area contributed by atoms with Crippen LogP contribution in [0.25, 0.3) is 0 Å². The Hall–Kier alpha value is -3.10. The van der Waals surface area contributed by atoms with Crippen molar-refractivity contribution < 1.29 is 29.0 Å². The van der Waals surface area contributed by atoms with Gasteiger partial charge in [-0.25, -0.2) is 5.43 Å². The van der Waals surface area contributed by atoms with Gasteiger partial charge in [0.1, 0.15) is 0 Å². The van der Waals surface area contributed by atoms with Gasteiger partial charge >= 0.3 is 5.97 Å². The summed E-state index contributed by atoms with van der Waals surface area (Å²) in [6, 6.07) is 3.43. The third-order valence-corrected chi connectivity index (χ3v) is 9.63. The Kier molecular flexibility index (Phi) is 6.56. The zero-order valence-electron chi connectivity index (χ0n) is 22.0. The van der Waals surface area contributed by atoms with E-state index in [1.54, 1.807) is 19.1 Å². The van der Waals surface area contributed by atoms with E-state index in [-0.39, 0.29) is 24.0 Å². The molecule has 0 aromatic heterocycles. The maximum absolute atomic E-state index is 13.2. The Labute approximate surface area is 222 Å². The highest BCUT2D eigenvalue weighted by Crippen LogP contribution is 2.61. The molecule has 1 aromatic rings. The quantitative estimate of drug-likeness (QED) is 0.352. The lowest BCUT2D eigenvalue weighted by atomic mass is 9.49. The molecule has 1 aromatic carbocycles. The molecule has 5 aliphatic carbocycles. The number of amides is 2. The number of fused-ring (bicyclic) bond motifs is 1. The van der Waals surface area contributed by atoms with Crippen molar-refractivity contribution in [2.75, 3.05) is 12.1 Å². The molecular weight excluding hydrogens is 486 g/mol. The molecule has 2 atom stereocenters. The normalized spacial score (nSPS) is 33.2.